The average Bonchev–Trinajstić information content (AvgIpc) is 3.44. The van der Waals surface area contributed by atoms with Gasteiger partial charge in [-0.2, -0.15) is 0 Å². The lowest BCUT2D eigenvalue weighted by molar-refractivity contribution is -0.129. The Labute approximate surface area is 296 Å². The molecule has 0 aliphatic heterocycles. The zero-order valence-electron chi connectivity index (χ0n) is 27.2. The van der Waals surface area contributed by atoms with E-state index < -0.39 is 57.6 Å². The number of benzene rings is 6. The molecule has 264 valence electrons. The monoisotopic (exact) mass is 713 g/mol. The van der Waals surface area contributed by atoms with Crippen LogP contribution >= 0.6 is 0 Å². The van der Waals surface area contributed by atoms with E-state index in [9.17, 15) is 60.7 Å². The fraction of sp³-hybridized carbons (Fsp3) is 0.0500. The van der Waals surface area contributed by atoms with Crippen LogP contribution in [0.2, 0.25) is 0 Å². The van der Waals surface area contributed by atoms with Gasteiger partial charge in [-0.1, -0.05) is 18.2 Å². The zero-order chi connectivity index (χ0) is 37.6. The van der Waals surface area contributed by atoms with E-state index in [0.717, 1.165) is 18.2 Å². The van der Waals surface area contributed by atoms with Crippen LogP contribution in [0.15, 0.2) is 66.7 Å². The minimum atomic E-state index is -0.923. The van der Waals surface area contributed by atoms with Gasteiger partial charge in [0.1, 0.15) is 11.5 Å². The van der Waals surface area contributed by atoms with Crippen LogP contribution in [0.5, 0.6) is 57.5 Å². The van der Waals surface area contributed by atoms with Crippen LogP contribution in [0.25, 0.3) is 67.0 Å². The topological polar surface area (TPSA) is 241 Å². The number of aromatic nitrogens is 1. The van der Waals surface area contributed by atoms with Gasteiger partial charge in [0.2, 0.25) is 11.6 Å². The van der Waals surface area contributed by atoms with Gasteiger partial charge in [0, 0.05) is 45.1 Å². The standard InChI is InChI=1S/C40H27NO12/c42-23-4-1-16(9-26(23)45)7-8-41-37-33(17-2-5-24(43)27(46)10-17)39(52)21-14-31(50)29(48)12-19(21)35(37)36-20-13-30(49)32(51)15-22(20)40(53)34(38(36)41)18-3-6-25(44)28(47)11-18/h1-6,9-15,42-48,50,52-53H,7-8H2. The van der Waals surface area contributed by atoms with Crippen LogP contribution in [0.4, 0.5) is 0 Å². The summed E-state index contributed by atoms with van der Waals surface area (Å²) in [6.45, 7) is -0.0117. The Morgan fingerprint density at radius 3 is 1.49 bits per heavy atom. The quantitative estimate of drug-likeness (QED) is 0.0888. The van der Waals surface area contributed by atoms with Crippen LogP contribution in [0.1, 0.15) is 5.56 Å². The minimum absolute atomic E-state index is 0.0117. The lowest BCUT2D eigenvalue weighted by atomic mass is 9.91. The number of nitrogens with zero attached hydrogens (tertiary/aromatic N) is 1. The fourth-order valence-electron chi connectivity index (χ4n) is 7.19. The second kappa shape index (κ2) is 11.5. The highest BCUT2D eigenvalue weighted by Gasteiger charge is 2.30. The first kappa shape index (κ1) is 32.7. The number of carbonyl (C=O) groups excluding carboxylic acids is 2. The molecule has 6 aromatic carbocycles. The molecule has 0 saturated heterocycles. The molecular formula is C40H27NO12. The van der Waals surface area contributed by atoms with Crippen molar-refractivity contribution in [3.8, 4) is 79.7 Å². The van der Waals surface area contributed by atoms with E-state index >= 15 is 0 Å². The summed E-state index contributed by atoms with van der Waals surface area (Å²) in [6.07, 6.45) is 2.17. The molecule has 0 fully saturated rings. The lowest BCUT2D eigenvalue weighted by Crippen LogP contribution is -2.34. The number of Topliss-reactive ketones (excluding diaryl/α,β-unsaturated/α-hetero) is 2. The van der Waals surface area contributed by atoms with Crippen LogP contribution < -0.4 is 10.4 Å². The van der Waals surface area contributed by atoms with Gasteiger partial charge in [0.15, 0.2) is 46.0 Å². The highest BCUT2D eigenvalue weighted by Crippen LogP contribution is 2.51. The third kappa shape index (κ3) is 4.86. The van der Waals surface area contributed by atoms with E-state index in [1.165, 1.54) is 54.6 Å². The number of rotatable bonds is 5. The van der Waals surface area contributed by atoms with Crippen molar-refractivity contribution < 1.29 is 60.7 Å². The molecule has 0 spiro atoms. The molecule has 0 unspecified atom stereocenters. The van der Waals surface area contributed by atoms with Gasteiger partial charge in [-0.3, -0.25) is 9.59 Å². The van der Waals surface area contributed by atoms with Crippen molar-refractivity contribution in [2.75, 3.05) is 0 Å². The molecule has 10 N–H and O–H groups in total. The van der Waals surface area contributed by atoms with Gasteiger partial charge >= 0.3 is 0 Å². The van der Waals surface area contributed by atoms with Gasteiger partial charge in [-0.15, -0.1) is 0 Å². The molecule has 1 aromatic heterocycles. The fourth-order valence-corrected chi connectivity index (χ4v) is 7.19. The molecular weight excluding hydrogens is 686 g/mol. The van der Waals surface area contributed by atoms with Crippen LogP contribution in [0.3, 0.4) is 0 Å². The molecule has 7 aromatic rings. The maximum Gasteiger partial charge on any atom is 0.226 e. The number of hydrogen-bond donors (Lipinski definition) is 10. The number of ketones is 2. The maximum atomic E-state index is 13.0. The van der Waals surface area contributed by atoms with Crippen molar-refractivity contribution in [2.24, 2.45) is 0 Å². The molecule has 0 bridgehead atoms. The van der Waals surface area contributed by atoms with Crippen LogP contribution in [-0.4, -0.2) is 67.2 Å². The molecule has 0 saturated carbocycles. The number of aromatic hydroxyl groups is 10. The van der Waals surface area contributed by atoms with E-state index in [4.69, 9.17) is 0 Å². The molecule has 53 heavy (non-hydrogen) atoms. The maximum absolute atomic E-state index is 13.0. The first-order chi connectivity index (χ1) is 25.2. The summed E-state index contributed by atoms with van der Waals surface area (Å²) in [5, 5.41) is 108. The molecule has 13 heteroatoms. The molecule has 1 aliphatic carbocycles. The predicted octanol–water partition coefficient (Wildman–Crippen LogP) is 4.29. The number of aryl methyl sites for hydroxylation is 2. The highest BCUT2D eigenvalue weighted by molar-refractivity contribution is 6.58. The summed E-state index contributed by atoms with van der Waals surface area (Å²) in [7, 11) is 0. The van der Waals surface area contributed by atoms with Gasteiger partial charge < -0.3 is 55.6 Å². The second-order valence-electron chi connectivity index (χ2n) is 12.8. The third-order valence-corrected chi connectivity index (χ3v) is 9.65. The summed E-state index contributed by atoms with van der Waals surface area (Å²) in [5.74, 6) is -6.60. The molecule has 1 aliphatic rings. The van der Waals surface area contributed by atoms with Gasteiger partial charge in [-0.25, -0.2) is 0 Å². The molecule has 1 heterocycles. The van der Waals surface area contributed by atoms with E-state index in [0.29, 0.717) is 5.56 Å². The number of phenols is 10. The molecule has 8 rings (SSSR count). The smallest absolute Gasteiger partial charge is 0.226 e. The molecule has 0 radical (unpaired) electrons. The first-order valence-corrected chi connectivity index (χ1v) is 16.0. The first-order valence-electron chi connectivity index (χ1n) is 16.0. The summed E-state index contributed by atoms with van der Waals surface area (Å²) < 4.78 is 1.67. The van der Waals surface area contributed by atoms with Crippen LogP contribution in [-0.2, 0) is 22.6 Å². The van der Waals surface area contributed by atoms with E-state index in [-0.39, 0.29) is 89.7 Å². The number of carbonyl (C=O) groups is 2. The molecule has 0 amide bonds. The predicted molar refractivity (Wildman–Crippen MR) is 193 cm³/mol. The van der Waals surface area contributed by atoms with Crippen molar-refractivity contribution in [2.45, 2.75) is 13.0 Å². The lowest BCUT2D eigenvalue weighted by Gasteiger charge is -2.17. The molecule has 0 atom stereocenters. The highest BCUT2D eigenvalue weighted by atomic mass is 16.3. The molecule has 13 nitrogen and oxygen atoms in total. The summed E-state index contributed by atoms with van der Waals surface area (Å²) in [4.78, 5) is 25.8. The van der Waals surface area contributed by atoms with E-state index in [2.05, 4.69) is 0 Å². The van der Waals surface area contributed by atoms with Gasteiger partial charge in [0.05, 0.1) is 11.0 Å². The zero-order valence-corrected chi connectivity index (χ0v) is 27.2. The van der Waals surface area contributed by atoms with Crippen molar-refractivity contribution in [3.63, 3.8) is 0 Å². The minimum Gasteiger partial charge on any atom is -0.507 e. The van der Waals surface area contributed by atoms with Crippen LogP contribution in [0, 0.1) is 0 Å². The normalized spacial score (nSPS) is 12.7. The Kier molecular flexibility index (Phi) is 7.08. The SMILES string of the molecule is O=C1C=c2c(O)c(-c3ccc(O)c(O)c3)c3c(c2=CC1=O)c1c2cc(O)c(O)cc2c(O)c(-c2ccc(O)c(O)c2)c1n3CCc1ccc(O)c(O)c1. The number of hydrogen-bond acceptors (Lipinski definition) is 12. The van der Waals surface area contributed by atoms with Gasteiger partial charge in [-0.05, 0) is 88.3 Å². The summed E-state index contributed by atoms with van der Waals surface area (Å²) >= 11 is 0. The second-order valence-corrected chi connectivity index (χ2v) is 12.8. The van der Waals surface area contributed by atoms with E-state index in [1.807, 2.05) is 0 Å². The third-order valence-electron chi connectivity index (χ3n) is 9.65. The Bertz CT molecular complexity index is 2940. The summed E-state index contributed by atoms with van der Waals surface area (Å²) in [5.41, 5.74) is 1.35. The van der Waals surface area contributed by atoms with Crippen molar-refractivity contribution in [3.05, 3.63) is 82.7 Å². The largest absolute Gasteiger partial charge is 0.507 e. The van der Waals surface area contributed by atoms with E-state index in [1.54, 1.807) is 10.6 Å². The van der Waals surface area contributed by atoms with Gasteiger partial charge in [0.25, 0.3) is 0 Å². The Balaban J connectivity index is 1.68. The number of phenolic OH excluding ortho intramolecular Hbond substituents is 10. The number of fused-ring (bicyclic) bond motifs is 7. The Morgan fingerprint density at radius 1 is 0.453 bits per heavy atom. The Morgan fingerprint density at radius 2 is 0.925 bits per heavy atom. The summed E-state index contributed by atoms with van der Waals surface area (Å²) in [6, 6.07) is 14.2. The van der Waals surface area contributed by atoms with Crippen molar-refractivity contribution >= 4 is 56.3 Å². The average molecular weight is 714 g/mol. The Hall–Kier alpha value is -7.54. The van der Waals surface area contributed by atoms with Crippen molar-refractivity contribution in [1.29, 1.82) is 0 Å². The van der Waals surface area contributed by atoms with Crippen molar-refractivity contribution in [1.82, 2.24) is 4.57 Å².